The first-order valence-corrected chi connectivity index (χ1v) is 18.6. The van der Waals surface area contributed by atoms with E-state index in [9.17, 15) is 18.0 Å². The summed E-state index contributed by atoms with van der Waals surface area (Å²) in [5.41, 5.74) is 2.71. The highest BCUT2D eigenvalue weighted by molar-refractivity contribution is 7.92. The molecule has 0 bridgehead atoms. The van der Waals surface area contributed by atoms with Gasteiger partial charge in [-0.25, -0.2) is 8.42 Å². The summed E-state index contributed by atoms with van der Waals surface area (Å²) in [5.74, 6) is -0.255. The molecule has 1 aliphatic rings. The van der Waals surface area contributed by atoms with Gasteiger partial charge in [0.1, 0.15) is 12.6 Å². The Morgan fingerprint density at radius 2 is 1.52 bits per heavy atom. The van der Waals surface area contributed by atoms with Crippen LogP contribution in [0.1, 0.15) is 48.8 Å². The minimum Gasteiger partial charge on any atom is -0.493 e. The van der Waals surface area contributed by atoms with Crippen molar-refractivity contribution in [3.05, 3.63) is 119 Å². The van der Waals surface area contributed by atoms with Gasteiger partial charge in [-0.2, -0.15) is 0 Å². The smallest absolute Gasteiger partial charge is 0.264 e. The first-order valence-electron chi connectivity index (χ1n) is 16.8. The van der Waals surface area contributed by atoms with Crippen LogP contribution in [0.25, 0.3) is 0 Å². The Balaban J connectivity index is 1.58. The number of methoxy groups -OCH3 is 2. The fourth-order valence-electron chi connectivity index (χ4n) is 6.25. The Kier molecular flexibility index (Phi) is 12.4. The van der Waals surface area contributed by atoms with Crippen LogP contribution in [0.15, 0.2) is 102 Å². The lowest BCUT2D eigenvalue weighted by Gasteiger charge is -2.35. The van der Waals surface area contributed by atoms with Crippen molar-refractivity contribution in [3.8, 4) is 11.5 Å². The minimum absolute atomic E-state index is 0.00118. The summed E-state index contributed by atoms with van der Waals surface area (Å²) in [5, 5.41) is 3.66. The number of ether oxygens (including phenoxy) is 2. The number of carbonyl (C=O) groups excluding carboxylic acids is 2. The van der Waals surface area contributed by atoms with E-state index in [1.165, 1.54) is 37.3 Å². The van der Waals surface area contributed by atoms with E-state index in [1.807, 2.05) is 43.3 Å². The number of anilines is 1. The van der Waals surface area contributed by atoms with Gasteiger partial charge in [-0.05, 0) is 61.2 Å². The zero-order valence-electron chi connectivity index (χ0n) is 28.7. The molecule has 0 heterocycles. The van der Waals surface area contributed by atoms with E-state index in [0.29, 0.717) is 22.0 Å². The van der Waals surface area contributed by atoms with Gasteiger partial charge in [0.25, 0.3) is 10.0 Å². The molecule has 1 saturated carbocycles. The summed E-state index contributed by atoms with van der Waals surface area (Å²) < 4.78 is 40.8. The molecule has 1 atom stereocenters. The molecule has 50 heavy (non-hydrogen) atoms. The number of nitrogens with one attached hydrogen (secondary N) is 1. The van der Waals surface area contributed by atoms with E-state index in [-0.39, 0.29) is 35.6 Å². The molecular formula is C39H44ClN3O6S. The molecule has 2 amide bonds. The molecule has 0 radical (unpaired) electrons. The monoisotopic (exact) mass is 717 g/mol. The van der Waals surface area contributed by atoms with Gasteiger partial charge in [-0.1, -0.05) is 97.1 Å². The highest BCUT2D eigenvalue weighted by atomic mass is 35.5. The molecule has 0 spiro atoms. The predicted molar refractivity (Wildman–Crippen MR) is 196 cm³/mol. The molecule has 0 aliphatic heterocycles. The topological polar surface area (TPSA) is 105 Å². The van der Waals surface area contributed by atoms with Gasteiger partial charge in [0.15, 0.2) is 11.5 Å². The first-order chi connectivity index (χ1) is 24.1. The van der Waals surface area contributed by atoms with Crippen LogP contribution in [0.5, 0.6) is 11.5 Å². The van der Waals surface area contributed by atoms with Crippen molar-refractivity contribution in [2.75, 3.05) is 25.1 Å². The summed E-state index contributed by atoms with van der Waals surface area (Å²) in [6.45, 7) is 1.31. The highest BCUT2D eigenvalue weighted by Crippen LogP contribution is 2.33. The molecule has 11 heteroatoms. The molecule has 4 aromatic carbocycles. The minimum atomic E-state index is -4.34. The highest BCUT2D eigenvalue weighted by Gasteiger charge is 2.36. The van der Waals surface area contributed by atoms with E-state index in [0.717, 1.165) is 47.5 Å². The lowest BCUT2D eigenvalue weighted by molar-refractivity contribution is -0.140. The van der Waals surface area contributed by atoms with E-state index < -0.39 is 28.5 Å². The van der Waals surface area contributed by atoms with Gasteiger partial charge in [-0.3, -0.25) is 13.9 Å². The fourth-order valence-corrected chi connectivity index (χ4v) is 7.88. The SMILES string of the molecule is COc1ccc(S(=O)(=O)N(CC(=O)N(Cc2ccccc2Cl)[C@@H](Cc2ccccc2)C(=O)NC2CCCCC2)c2ccc(C)cc2)cc1OC. The molecule has 264 valence electrons. The van der Waals surface area contributed by atoms with Crippen molar-refractivity contribution >= 4 is 39.1 Å². The van der Waals surface area contributed by atoms with Gasteiger partial charge < -0.3 is 19.7 Å². The van der Waals surface area contributed by atoms with Crippen molar-refractivity contribution in [2.45, 2.75) is 69.0 Å². The van der Waals surface area contributed by atoms with Crippen LogP contribution in [0, 0.1) is 6.92 Å². The maximum atomic E-state index is 14.8. The molecule has 0 saturated heterocycles. The third-order valence-corrected chi connectivity index (χ3v) is 11.2. The van der Waals surface area contributed by atoms with Gasteiger partial charge in [0.2, 0.25) is 11.8 Å². The van der Waals surface area contributed by atoms with Gasteiger partial charge in [-0.15, -0.1) is 0 Å². The maximum Gasteiger partial charge on any atom is 0.264 e. The molecular weight excluding hydrogens is 674 g/mol. The number of sulfonamides is 1. The second kappa shape index (κ2) is 16.9. The Labute approximate surface area is 300 Å². The molecule has 1 aliphatic carbocycles. The van der Waals surface area contributed by atoms with Crippen LogP contribution in [0.4, 0.5) is 5.69 Å². The second-order valence-corrected chi connectivity index (χ2v) is 14.8. The lowest BCUT2D eigenvalue weighted by atomic mass is 9.94. The summed E-state index contributed by atoms with van der Waals surface area (Å²) in [6.07, 6.45) is 5.13. The number of carbonyl (C=O) groups is 2. The van der Waals surface area contributed by atoms with Crippen molar-refractivity contribution in [3.63, 3.8) is 0 Å². The van der Waals surface area contributed by atoms with Crippen molar-refractivity contribution < 1.29 is 27.5 Å². The Hall–Kier alpha value is -4.54. The average Bonchev–Trinajstić information content (AvgIpc) is 3.13. The number of nitrogens with zero attached hydrogens (tertiary/aromatic N) is 2. The van der Waals surface area contributed by atoms with E-state index in [4.69, 9.17) is 21.1 Å². The summed E-state index contributed by atoms with van der Waals surface area (Å²) in [4.78, 5) is 30.5. The van der Waals surface area contributed by atoms with Crippen LogP contribution >= 0.6 is 11.6 Å². The van der Waals surface area contributed by atoms with Crippen molar-refractivity contribution in [1.82, 2.24) is 10.2 Å². The summed E-state index contributed by atoms with van der Waals surface area (Å²) in [7, 11) is -1.45. The second-order valence-electron chi connectivity index (χ2n) is 12.5. The normalized spacial score (nSPS) is 14.0. The Morgan fingerprint density at radius 3 is 2.18 bits per heavy atom. The van der Waals surface area contributed by atoms with Crippen LogP contribution in [0.3, 0.4) is 0 Å². The molecule has 0 aromatic heterocycles. The number of rotatable bonds is 14. The molecule has 1 fully saturated rings. The molecule has 1 N–H and O–H groups in total. The number of aryl methyl sites for hydroxylation is 1. The largest absolute Gasteiger partial charge is 0.493 e. The molecule has 0 unspecified atom stereocenters. The number of halogens is 1. The Morgan fingerprint density at radius 1 is 0.860 bits per heavy atom. The number of benzene rings is 4. The van der Waals surface area contributed by atoms with E-state index >= 15 is 0 Å². The van der Waals surface area contributed by atoms with Crippen molar-refractivity contribution in [2.24, 2.45) is 0 Å². The van der Waals surface area contributed by atoms with Gasteiger partial charge in [0.05, 0.1) is 24.8 Å². The van der Waals surface area contributed by atoms with Crippen molar-refractivity contribution in [1.29, 1.82) is 0 Å². The molecule has 4 aromatic rings. The third kappa shape index (κ3) is 8.97. The van der Waals surface area contributed by atoms with Crippen LogP contribution in [-0.2, 0) is 32.6 Å². The predicted octanol–water partition coefficient (Wildman–Crippen LogP) is 6.95. The zero-order valence-corrected chi connectivity index (χ0v) is 30.3. The fraction of sp³-hybridized carbons (Fsp3) is 0.333. The first kappa shape index (κ1) is 36.7. The standard InChI is InChI=1S/C39H44ClN3O6S/c1-28-18-20-32(21-19-28)43(50(46,47)33-22-23-36(48-2)37(25-33)49-3)27-38(44)42(26-30-14-10-11-17-34(30)40)35(24-29-12-6-4-7-13-29)39(45)41-31-15-8-5-9-16-31/h4,6-7,10-14,17-23,25,31,35H,5,8-9,15-16,24,26-27H2,1-3H3,(H,41,45)/t35-/m0/s1. The van der Waals surface area contributed by atoms with Crippen LogP contribution in [-0.4, -0.2) is 58.0 Å². The quantitative estimate of drug-likeness (QED) is 0.151. The third-order valence-electron chi connectivity index (χ3n) is 9.06. The summed E-state index contributed by atoms with van der Waals surface area (Å²) in [6, 6.07) is 26.9. The number of amides is 2. The van der Waals surface area contributed by atoms with E-state index in [1.54, 1.807) is 42.5 Å². The lowest BCUT2D eigenvalue weighted by Crippen LogP contribution is -2.55. The Bertz CT molecular complexity index is 1860. The number of hydrogen-bond donors (Lipinski definition) is 1. The molecule has 5 rings (SSSR count). The maximum absolute atomic E-state index is 14.8. The average molecular weight is 718 g/mol. The van der Waals surface area contributed by atoms with Crippen LogP contribution in [0.2, 0.25) is 5.02 Å². The number of hydrogen-bond acceptors (Lipinski definition) is 6. The van der Waals surface area contributed by atoms with Crippen LogP contribution < -0.4 is 19.1 Å². The zero-order chi connectivity index (χ0) is 35.7. The van der Waals surface area contributed by atoms with Gasteiger partial charge in [0, 0.05) is 30.1 Å². The molecule has 9 nitrogen and oxygen atoms in total. The van der Waals surface area contributed by atoms with E-state index in [2.05, 4.69) is 5.32 Å². The summed E-state index contributed by atoms with van der Waals surface area (Å²) >= 11 is 6.63. The van der Waals surface area contributed by atoms with Gasteiger partial charge >= 0.3 is 0 Å².